The van der Waals surface area contributed by atoms with E-state index in [1.165, 1.54) is 25.3 Å². The second-order valence-corrected chi connectivity index (χ2v) is 9.54. The minimum Gasteiger partial charge on any atom is -0.506 e. The van der Waals surface area contributed by atoms with E-state index >= 15 is 0 Å². The van der Waals surface area contributed by atoms with Crippen molar-refractivity contribution in [2.75, 3.05) is 17.1 Å². The molecule has 4 aromatic carbocycles. The van der Waals surface area contributed by atoms with E-state index in [9.17, 15) is 27.5 Å². The zero-order chi connectivity index (χ0) is 26.6. The molecule has 0 radical (unpaired) electrons. The number of hydrogen-bond acceptors (Lipinski definition) is 6. The molecular weight excluding hydrogens is 499 g/mol. The first-order chi connectivity index (χ1) is 17.7. The SMILES string of the molecule is COC(=O)c1ccccc1-c1ccc(C(=O)Nc2ccc(O)c(NS(=O)(=O)c3ccc(F)cc3)c2)cc1. The van der Waals surface area contributed by atoms with Crippen LogP contribution in [0.5, 0.6) is 5.75 Å². The highest BCUT2D eigenvalue weighted by atomic mass is 32.2. The zero-order valence-electron chi connectivity index (χ0n) is 19.4. The molecule has 37 heavy (non-hydrogen) atoms. The lowest BCUT2D eigenvalue weighted by atomic mass is 9.98. The second-order valence-electron chi connectivity index (χ2n) is 7.86. The molecule has 4 aromatic rings. The largest absolute Gasteiger partial charge is 0.506 e. The molecule has 0 aliphatic carbocycles. The summed E-state index contributed by atoms with van der Waals surface area (Å²) in [7, 11) is -2.81. The molecule has 0 aromatic heterocycles. The third-order valence-corrected chi connectivity index (χ3v) is 6.79. The van der Waals surface area contributed by atoms with Gasteiger partial charge < -0.3 is 15.2 Å². The summed E-state index contributed by atoms with van der Waals surface area (Å²) in [5, 5.41) is 12.8. The summed E-state index contributed by atoms with van der Waals surface area (Å²) >= 11 is 0. The number of amides is 1. The van der Waals surface area contributed by atoms with Crippen molar-refractivity contribution < 1.29 is 32.2 Å². The molecule has 10 heteroatoms. The van der Waals surface area contributed by atoms with Gasteiger partial charge in [-0.2, -0.15) is 0 Å². The first-order valence-electron chi connectivity index (χ1n) is 10.9. The van der Waals surface area contributed by atoms with E-state index in [0.717, 1.165) is 24.3 Å². The molecule has 0 saturated heterocycles. The third kappa shape index (κ3) is 5.76. The van der Waals surface area contributed by atoms with Crippen LogP contribution in [0.3, 0.4) is 0 Å². The standard InChI is InChI=1S/C27H21FN2O6S/c1-36-27(33)23-5-3-2-4-22(23)17-6-8-18(9-7-17)26(32)29-20-12-15-25(31)24(16-20)30-37(34,35)21-13-10-19(28)11-14-21/h2-16,30-31H,1H3,(H,29,32). The number of anilines is 2. The number of rotatable bonds is 7. The highest BCUT2D eigenvalue weighted by Gasteiger charge is 2.18. The van der Waals surface area contributed by atoms with Gasteiger partial charge in [0.1, 0.15) is 11.6 Å². The Labute approximate surface area is 212 Å². The molecule has 0 saturated carbocycles. The highest BCUT2D eigenvalue weighted by Crippen LogP contribution is 2.30. The van der Waals surface area contributed by atoms with Gasteiger partial charge in [-0.25, -0.2) is 17.6 Å². The monoisotopic (exact) mass is 520 g/mol. The zero-order valence-corrected chi connectivity index (χ0v) is 20.3. The number of carbonyl (C=O) groups excluding carboxylic acids is 2. The van der Waals surface area contributed by atoms with Crippen LogP contribution in [0, 0.1) is 5.82 Å². The Morgan fingerprint density at radius 1 is 0.892 bits per heavy atom. The Hall–Kier alpha value is -4.70. The van der Waals surface area contributed by atoms with Crippen LogP contribution in [0.25, 0.3) is 11.1 Å². The van der Waals surface area contributed by atoms with Gasteiger partial charge in [0.15, 0.2) is 0 Å². The Bertz CT molecular complexity index is 1570. The molecule has 4 rings (SSSR count). The van der Waals surface area contributed by atoms with Crippen LogP contribution in [0.4, 0.5) is 15.8 Å². The van der Waals surface area contributed by atoms with Gasteiger partial charge in [-0.05, 0) is 71.8 Å². The van der Waals surface area contributed by atoms with E-state index in [1.54, 1.807) is 48.5 Å². The van der Waals surface area contributed by atoms with Crippen molar-refractivity contribution in [3.63, 3.8) is 0 Å². The summed E-state index contributed by atoms with van der Waals surface area (Å²) in [5.74, 6) is -1.91. The van der Waals surface area contributed by atoms with Crippen molar-refractivity contribution in [2.24, 2.45) is 0 Å². The van der Waals surface area contributed by atoms with Crippen molar-refractivity contribution in [3.8, 4) is 16.9 Å². The number of esters is 1. The quantitative estimate of drug-likeness (QED) is 0.178. The number of hydrogen-bond donors (Lipinski definition) is 3. The third-order valence-electron chi connectivity index (χ3n) is 5.41. The van der Waals surface area contributed by atoms with Gasteiger partial charge in [-0.1, -0.05) is 30.3 Å². The molecule has 0 aliphatic rings. The van der Waals surface area contributed by atoms with Crippen molar-refractivity contribution in [1.82, 2.24) is 0 Å². The Kier molecular flexibility index (Phi) is 7.21. The number of ether oxygens (including phenoxy) is 1. The lowest BCUT2D eigenvalue weighted by molar-refractivity contribution is 0.0601. The molecule has 0 heterocycles. The summed E-state index contributed by atoms with van der Waals surface area (Å²) in [4.78, 5) is 24.7. The maximum atomic E-state index is 13.1. The normalized spacial score (nSPS) is 11.0. The van der Waals surface area contributed by atoms with Crippen molar-refractivity contribution in [3.05, 3.63) is 108 Å². The topological polar surface area (TPSA) is 122 Å². The fourth-order valence-corrected chi connectivity index (χ4v) is 4.61. The lowest BCUT2D eigenvalue weighted by Crippen LogP contribution is -2.14. The minimum atomic E-state index is -4.12. The van der Waals surface area contributed by atoms with E-state index < -0.39 is 27.7 Å². The fourth-order valence-electron chi connectivity index (χ4n) is 3.54. The van der Waals surface area contributed by atoms with E-state index in [2.05, 4.69) is 10.0 Å². The number of nitrogens with one attached hydrogen (secondary N) is 2. The molecular formula is C27H21FN2O6S. The van der Waals surface area contributed by atoms with Crippen LogP contribution in [-0.4, -0.2) is 32.5 Å². The first-order valence-corrected chi connectivity index (χ1v) is 12.4. The Morgan fingerprint density at radius 3 is 2.24 bits per heavy atom. The smallest absolute Gasteiger partial charge is 0.338 e. The summed E-state index contributed by atoms with van der Waals surface area (Å²) < 4.78 is 45.4. The summed E-state index contributed by atoms with van der Waals surface area (Å²) in [6.07, 6.45) is 0. The van der Waals surface area contributed by atoms with Gasteiger partial charge in [-0.3, -0.25) is 9.52 Å². The fraction of sp³-hybridized carbons (Fsp3) is 0.0370. The average Bonchev–Trinajstić information content (AvgIpc) is 2.90. The van der Waals surface area contributed by atoms with Crippen LogP contribution in [-0.2, 0) is 14.8 Å². The molecule has 0 aliphatic heterocycles. The van der Waals surface area contributed by atoms with Gasteiger partial charge in [0.2, 0.25) is 0 Å². The maximum Gasteiger partial charge on any atom is 0.338 e. The molecule has 188 valence electrons. The summed E-state index contributed by atoms with van der Waals surface area (Å²) in [6, 6.07) is 21.6. The molecule has 1 amide bonds. The second kappa shape index (κ2) is 10.5. The molecule has 3 N–H and O–H groups in total. The van der Waals surface area contributed by atoms with Gasteiger partial charge >= 0.3 is 5.97 Å². The summed E-state index contributed by atoms with van der Waals surface area (Å²) in [5.41, 5.74) is 2.11. The van der Waals surface area contributed by atoms with E-state index in [1.807, 2.05) is 0 Å². The molecule has 0 atom stereocenters. The van der Waals surface area contributed by atoms with Gasteiger partial charge in [0.05, 0.1) is 23.3 Å². The maximum absolute atomic E-state index is 13.1. The Balaban J connectivity index is 1.52. The minimum absolute atomic E-state index is 0.170. The van der Waals surface area contributed by atoms with E-state index in [-0.39, 0.29) is 22.0 Å². The number of phenolic OH excluding ortho intramolecular Hbond substituents is 1. The predicted molar refractivity (Wildman–Crippen MR) is 136 cm³/mol. The highest BCUT2D eigenvalue weighted by molar-refractivity contribution is 7.92. The van der Waals surface area contributed by atoms with Gasteiger partial charge in [0, 0.05) is 11.3 Å². The van der Waals surface area contributed by atoms with Crippen molar-refractivity contribution in [1.29, 1.82) is 0 Å². The van der Waals surface area contributed by atoms with Crippen LogP contribution < -0.4 is 10.0 Å². The van der Waals surface area contributed by atoms with Crippen LogP contribution in [0.15, 0.2) is 95.9 Å². The molecule has 0 fully saturated rings. The van der Waals surface area contributed by atoms with Crippen molar-refractivity contribution in [2.45, 2.75) is 4.90 Å². The lowest BCUT2D eigenvalue weighted by Gasteiger charge is -2.12. The molecule has 8 nitrogen and oxygen atoms in total. The number of benzene rings is 4. The molecule has 0 bridgehead atoms. The van der Waals surface area contributed by atoms with Crippen molar-refractivity contribution >= 4 is 33.3 Å². The van der Waals surface area contributed by atoms with Crippen LogP contribution in [0.2, 0.25) is 0 Å². The number of phenols is 1. The predicted octanol–water partition coefficient (Wildman–Crippen LogP) is 5.04. The first kappa shape index (κ1) is 25.4. The Morgan fingerprint density at radius 2 is 1.57 bits per heavy atom. The van der Waals surface area contributed by atoms with E-state index in [0.29, 0.717) is 22.3 Å². The number of sulfonamides is 1. The van der Waals surface area contributed by atoms with Crippen LogP contribution >= 0.6 is 0 Å². The molecule has 0 unspecified atom stereocenters. The number of methoxy groups -OCH3 is 1. The van der Waals surface area contributed by atoms with Gasteiger partial charge in [0.25, 0.3) is 15.9 Å². The molecule has 0 spiro atoms. The van der Waals surface area contributed by atoms with Crippen LogP contribution in [0.1, 0.15) is 20.7 Å². The van der Waals surface area contributed by atoms with E-state index in [4.69, 9.17) is 4.74 Å². The number of halogens is 1. The number of carbonyl (C=O) groups is 2. The number of aromatic hydroxyl groups is 1. The average molecular weight is 521 g/mol. The summed E-state index contributed by atoms with van der Waals surface area (Å²) in [6.45, 7) is 0. The van der Waals surface area contributed by atoms with Gasteiger partial charge in [-0.15, -0.1) is 0 Å².